The van der Waals surface area contributed by atoms with Crippen LogP contribution >= 0.6 is 0 Å². The second-order valence-corrected chi connectivity index (χ2v) is 11.0. The SMILES string of the molecule is CC(=O)O[C@@H]1C/C(C)=C\[C@@H]2OC(=O)[C@@](C)(O)[C@@]2(O)[C@@H](OC(C)=O)[C@H]2[C@](C)(O)[C@H](O)C=C[C@]2(C)[C@H]1OC(C)=O. The van der Waals surface area contributed by atoms with E-state index in [-0.39, 0.29) is 6.42 Å². The van der Waals surface area contributed by atoms with Gasteiger partial charge in [0.15, 0.2) is 17.3 Å². The Labute approximate surface area is 220 Å². The molecule has 38 heavy (non-hydrogen) atoms. The zero-order valence-electron chi connectivity index (χ0n) is 22.5. The van der Waals surface area contributed by atoms with E-state index in [1.165, 1.54) is 32.1 Å². The van der Waals surface area contributed by atoms with E-state index in [1.54, 1.807) is 6.92 Å². The van der Waals surface area contributed by atoms with Crippen LogP contribution in [0.4, 0.5) is 0 Å². The van der Waals surface area contributed by atoms with E-state index >= 15 is 0 Å². The van der Waals surface area contributed by atoms with Gasteiger partial charge in [-0.15, -0.1) is 0 Å². The van der Waals surface area contributed by atoms with Crippen LogP contribution in [0.1, 0.15) is 54.9 Å². The molecule has 0 spiro atoms. The van der Waals surface area contributed by atoms with Crippen LogP contribution < -0.4 is 0 Å². The van der Waals surface area contributed by atoms with Gasteiger partial charge in [0.05, 0.1) is 5.60 Å². The molecule has 1 heterocycles. The second kappa shape index (κ2) is 9.74. The molecule has 0 amide bonds. The van der Waals surface area contributed by atoms with Gasteiger partial charge in [-0.2, -0.15) is 0 Å². The molecular formula is C26H36O12. The summed E-state index contributed by atoms with van der Waals surface area (Å²) in [6.07, 6.45) is -3.71. The Morgan fingerprint density at radius 1 is 0.947 bits per heavy atom. The van der Waals surface area contributed by atoms with Gasteiger partial charge in [-0.05, 0) is 26.8 Å². The fraction of sp³-hybridized carbons (Fsp3) is 0.692. The minimum Gasteiger partial charge on any atom is -0.459 e. The maximum absolute atomic E-state index is 12.8. The van der Waals surface area contributed by atoms with E-state index in [4.69, 9.17) is 18.9 Å². The lowest BCUT2D eigenvalue weighted by molar-refractivity contribution is -0.261. The molecule has 3 rings (SSSR count). The Morgan fingerprint density at radius 3 is 2.00 bits per heavy atom. The molecule has 0 radical (unpaired) electrons. The predicted octanol–water partition coefficient (Wildman–Crippen LogP) is -0.157. The van der Waals surface area contributed by atoms with Crippen LogP contribution in [0.25, 0.3) is 0 Å². The van der Waals surface area contributed by atoms with E-state index in [0.29, 0.717) is 5.57 Å². The van der Waals surface area contributed by atoms with Gasteiger partial charge >= 0.3 is 23.9 Å². The van der Waals surface area contributed by atoms with Crippen molar-refractivity contribution >= 4 is 23.9 Å². The molecule has 0 unspecified atom stereocenters. The van der Waals surface area contributed by atoms with Gasteiger partial charge in [0, 0.05) is 38.5 Å². The number of rotatable bonds is 3. The monoisotopic (exact) mass is 540 g/mol. The first kappa shape index (κ1) is 29.8. The molecule has 0 bridgehead atoms. The van der Waals surface area contributed by atoms with Crippen LogP contribution in [0.15, 0.2) is 23.8 Å². The molecule has 2 aliphatic carbocycles. The Morgan fingerprint density at radius 2 is 1.47 bits per heavy atom. The van der Waals surface area contributed by atoms with Gasteiger partial charge < -0.3 is 39.4 Å². The highest BCUT2D eigenvalue weighted by Crippen LogP contribution is 2.55. The smallest absolute Gasteiger partial charge is 0.341 e. The zero-order valence-corrected chi connectivity index (χ0v) is 22.5. The fourth-order valence-electron chi connectivity index (χ4n) is 6.12. The Hall–Kier alpha value is -2.80. The summed E-state index contributed by atoms with van der Waals surface area (Å²) in [6, 6.07) is 0. The summed E-state index contributed by atoms with van der Waals surface area (Å²) in [4.78, 5) is 49.7. The quantitative estimate of drug-likeness (QED) is 0.211. The van der Waals surface area contributed by atoms with Crippen molar-refractivity contribution in [3.8, 4) is 0 Å². The number of fused-ring (bicyclic) bond motifs is 2. The maximum atomic E-state index is 12.8. The lowest BCUT2D eigenvalue weighted by atomic mass is 9.54. The largest absolute Gasteiger partial charge is 0.459 e. The number of carbonyl (C=O) groups excluding carboxylic acids is 4. The highest BCUT2D eigenvalue weighted by molar-refractivity contribution is 5.84. The third-order valence-corrected chi connectivity index (χ3v) is 7.93. The highest BCUT2D eigenvalue weighted by atomic mass is 16.6. The molecule has 12 heteroatoms. The molecule has 4 N–H and O–H groups in total. The number of hydrogen-bond acceptors (Lipinski definition) is 12. The van der Waals surface area contributed by atoms with Crippen molar-refractivity contribution in [3.63, 3.8) is 0 Å². The second-order valence-electron chi connectivity index (χ2n) is 11.0. The molecule has 0 aromatic heterocycles. The summed E-state index contributed by atoms with van der Waals surface area (Å²) in [5.41, 5.74) is -8.77. The van der Waals surface area contributed by atoms with Crippen molar-refractivity contribution in [3.05, 3.63) is 23.8 Å². The normalized spacial score (nSPS) is 46.0. The fourth-order valence-corrected chi connectivity index (χ4v) is 6.12. The van der Waals surface area contributed by atoms with Crippen molar-refractivity contribution in [2.75, 3.05) is 0 Å². The molecule has 1 saturated heterocycles. The summed E-state index contributed by atoms with van der Waals surface area (Å²) in [5, 5.41) is 46.0. The summed E-state index contributed by atoms with van der Waals surface area (Å²) in [6.45, 7) is 8.61. The first-order valence-corrected chi connectivity index (χ1v) is 12.2. The Balaban J connectivity index is 2.47. The lowest BCUT2D eigenvalue weighted by Crippen LogP contribution is -2.73. The Kier molecular flexibility index (Phi) is 7.63. The Bertz CT molecular complexity index is 1070. The van der Waals surface area contributed by atoms with E-state index in [0.717, 1.165) is 27.7 Å². The highest BCUT2D eigenvalue weighted by Gasteiger charge is 2.74. The number of hydrogen-bond donors (Lipinski definition) is 4. The summed E-state index contributed by atoms with van der Waals surface area (Å²) < 4.78 is 22.2. The van der Waals surface area contributed by atoms with Gasteiger partial charge in [0.1, 0.15) is 24.4 Å². The number of esters is 4. The third-order valence-electron chi connectivity index (χ3n) is 7.93. The topological polar surface area (TPSA) is 186 Å². The molecule has 3 aliphatic rings. The van der Waals surface area contributed by atoms with Gasteiger partial charge in [0.25, 0.3) is 0 Å². The van der Waals surface area contributed by atoms with Crippen LogP contribution in [0, 0.1) is 11.3 Å². The summed E-state index contributed by atoms with van der Waals surface area (Å²) in [7, 11) is 0. The van der Waals surface area contributed by atoms with Gasteiger partial charge in [-0.25, -0.2) is 4.79 Å². The molecule has 10 atom stereocenters. The average Bonchev–Trinajstić information content (AvgIpc) is 2.92. The minimum atomic E-state index is -2.69. The predicted molar refractivity (Wildman–Crippen MR) is 128 cm³/mol. The van der Waals surface area contributed by atoms with Gasteiger partial charge in [-0.1, -0.05) is 24.6 Å². The van der Waals surface area contributed by atoms with Crippen LogP contribution in [-0.2, 0) is 38.1 Å². The molecule has 1 aliphatic heterocycles. The summed E-state index contributed by atoms with van der Waals surface area (Å²) >= 11 is 0. The summed E-state index contributed by atoms with van der Waals surface area (Å²) in [5.74, 6) is -5.20. The van der Waals surface area contributed by atoms with E-state index in [1.807, 2.05) is 0 Å². The number of aliphatic hydroxyl groups is 4. The third kappa shape index (κ3) is 4.63. The van der Waals surface area contributed by atoms with E-state index < -0.39 is 82.5 Å². The molecule has 1 fully saturated rings. The van der Waals surface area contributed by atoms with Crippen molar-refractivity contribution in [1.82, 2.24) is 0 Å². The van der Waals surface area contributed by atoms with Crippen molar-refractivity contribution in [2.24, 2.45) is 11.3 Å². The molecular weight excluding hydrogens is 504 g/mol. The number of ether oxygens (including phenoxy) is 4. The number of carbonyl (C=O) groups is 4. The lowest BCUT2D eigenvalue weighted by Gasteiger charge is -2.57. The van der Waals surface area contributed by atoms with Crippen molar-refractivity contribution in [2.45, 2.75) is 102 Å². The minimum absolute atomic E-state index is 0.0666. The van der Waals surface area contributed by atoms with E-state index in [9.17, 15) is 39.6 Å². The first-order chi connectivity index (χ1) is 17.3. The number of aliphatic hydroxyl groups excluding tert-OH is 1. The molecule has 0 aromatic carbocycles. The van der Waals surface area contributed by atoms with Crippen LogP contribution in [0.3, 0.4) is 0 Å². The van der Waals surface area contributed by atoms with Gasteiger partial charge in [0.2, 0.25) is 0 Å². The first-order valence-electron chi connectivity index (χ1n) is 12.2. The van der Waals surface area contributed by atoms with Crippen LogP contribution in [0.2, 0.25) is 0 Å². The standard InChI is InChI=1S/C26H36O12/c1-12-10-16(35-13(2)27)20(36-14(3)28)23(5)9-8-17(30)24(6,32)19(23)21(37-15(4)29)26(34)18(11-12)38-22(31)25(26,7)33/h8-9,11,16-21,30,32-34H,10H2,1-7H3/b12-11-/t16-,17-,18+,19-,20+,21+,23+,24-,25-,26+/m1/s1. The van der Waals surface area contributed by atoms with Crippen molar-refractivity contribution < 1.29 is 58.6 Å². The van der Waals surface area contributed by atoms with Gasteiger partial charge in [-0.3, -0.25) is 14.4 Å². The molecule has 12 nitrogen and oxygen atoms in total. The van der Waals surface area contributed by atoms with Crippen LogP contribution in [0.5, 0.6) is 0 Å². The van der Waals surface area contributed by atoms with E-state index in [2.05, 4.69) is 0 Å². The average molecular weight is 541 g/mol. The maximum Gasteiger partial charge on any atom is 0.341 e. The van der Waals surface area contributed by atoms with Crippen molar-refractivity contribution in [1.29, 1.82) is 0 Å². The van der Waals surface area contributed by atoms with Crippen LogP contribution in [-0.4, -0.2) is 91.6 Å². The zero-order chi connectivity index (χ0) is 29.0. The molecule has 212 valence electrons. The molecule has 0 saturated carbocycles. The molecule has 0 aromatic rings.